The summed E-state index contributed by atoms with van der Waals surface area (Å²) in [6.45, 7) is 2.34. The van der Waals surface area contributed by atoms with E-state index in [9.17, 15) is 8.78 Å². The quantitative estimate of drug-likeness (QED) is 0.495. The van der Waals surface area contributed by atoms with E-state index in [-0.39, 0.29) is 0 Å². The Kier molecular flexibility index (Phi) is 7.09. The van der Waals surface area contributed by atoms with E-state index in [1.165, 1.54) is 69.5 Å². The summed E-state index contributed by atoms with van der Waals surface area (Å²) < 4.78 is 26.3. The largest absolute Gasteiger partial charge is 0.204 e. The van der Waals surface area contributed by atoms with Crippen LogP contribution in [0.25, 0.3) is 0 Å². The number of benzene rings is 1. The van der Waals surface area contributed by atoms with E-state index >= 15 is 0 Å². The average molecular weight is 363 g/mol. The van der Waals surface area contributed by atoms with Crippen molar-refractivity contribution >= 4 is 9.52 Å². The van der Waals surface area contributed by atoms with Gasteiger partial charge in [-0.1, -0.05) is 44.3 Å². The minimum absolute atomic E-state index is 0.708. The normalized spacial score (nSPS) is 30.4. The second kappa shape index (κ2) is 9.30. The molecule has 0 saturated heterocycles. The molecule has 138 valence electrons. The van der Waals surface area contributed by atoms with Crippen LogP contribution in [-0.4, -0.2) is 9.52 Å². The summed E-state index contributed by atoms with van der Waals surface area (Å²) in [5, 5.41) is 0. The van der Waals surface area contributed by atoms with E-state index in [1.807, 2.05) is 0 Å². The maximum absolute atomic E-state index is 13.3. The van der Waals surface area contributed by atoms with Crippen molar-refractivity contribution < 1.29 is 8.78 Å². The van der Waals surface area contributed by atoms with E-state index < -0.39 is 11.6 Å². The van der Waals surface area contributed by atoms with Crippen LogP contribution in [0, 0.1) is 35.3 Å². The smallest absolute Gasteiger partial charge is 0.159 e. The average Bonchev–Trinajstić information content (AvgIpc) is 2.64. The first-order valence-electron chi connectivity index (χ1n) is 10.2. The number of halogens is 2. The van der Waals surface area contributed by atoms with Gasteiger partial charge in [0.05, 0.1) is 0 Å². The van der Waals surface area contributed by atoms with Gasteiger partial charge in [-0.15, -0.1) is 0 Å². The lowest BCUT2D eigenvalue weighted by Gasteiger charge is -2.38. The van der Waals surface area contributed by atoms with Crippen molar-refractivity contribution in [2.75, 3.05) is 0 Å². The fourth-order valence-corrected chi connectivity index (χ4v) is 6.15. The van der Waals surface area contributed by atoms with E-state index in [4.69, 9.17) is 0 Å². The zero-order valence-corrected chi connectivity index (χ0v) is 16.6. The summed E-state index contributed by atoms with van der Waals surface area (Å²) in [6.07, 6.45) is 13.4. The van der Waals surface area contributed by atoms with Gasteiger partial charge in [0.2, 0.25) is 0 Å². The SMILES string of the molecule is C[Si]CC1CCC(C2CCC(CCc3ccc(F)c(F)c3)CC2)CC1. The van der Waals surface area contributed by atoms with Crippen LogP contribution in [0.4, 0.5) is 8.78 Å². The topological polar surface area (TPSA) is 0 Å². The molecule has 0 N–H and O–H groups in total. The van der Waals surface area contributed by atoms with Crippen molar-refractivity contribution in [1.82, 2.24) is 0 Å². The second-order valence-corrected chi connectivity index (χ2v) is 9.52. The van der Waals surface area contributed by atoms with Gasteiger partial charge in [-0.25, -0.2) is 8.78 Å². The predicted octanol–water partition coefficient (Wildman–Crippen LogP) is 6.68. The summed E-state index contributed by atoms with van der Waals surface area (Å²) in [6, 6.07) is 5.83. The molecule has 3 rings (SSSR count). The highest BCUT2D eigenvalue weighted by molar-refractivity contribution is 6.33. The molecule has 0 aromatic heterocycles. The first-order chi connectivity index (χ1) is 12.2. The Balaban J connectivity index is 1.38. The van der Waals surface area contributed by atoms with Crippen molar-refractivity contribution in [2.24, 2.45) is 23.7 Å². The van der Waals surface area contributed by atoms with Crippen LogP contribution >= 0.6 is 0 Å². The Morgan fingerprint density at radius 1 is 0.840 bits per heavy atom. The van der Waals surface area contributed by atoms with Crippen molar-refractivity contribution in [1.29, 1.82) is 0 Å². The molecule has 3 heteroatoms. The predicted molar refractivity (Wildman–Crippen MR) is 102 cm³/mol. The fourth-order valence-electron chi connectivity index (χ4n) is 5.17. The van der Waals surface area contributed by atoms with E-state index in [2.05, 4.69) is 6.55 Å². The summed E-state index contributed by atoms with van der Waals surface area (Å²) in [5.41, 5.74) is 0.941. The summed E-state index contributed by atoms with van der Waals surface area (Å²) >= 11 is 0. The number of rotatable bonds is 6. The standard InChI is InChI=1S/C22H32F2Si/c1-25-15-18-6-11-20(12-7-18)19-9-4-16(5-10-19)2-3-17-8-13-21(23)22(24)14-17/h8,13-14,16,18-20H,2-7,9-12,15H2,1H3. The monoisotopic (exact) mass is 362 g/mol. The van der Waals surface area contributed by atoms with E-state index in [0.717, 1.165) is 51.6 Å². The van der Waals surface area contributed by atoms with Gasteiger partial charge in [0.25, 0.3) is 0 Å². The highest BCUT2D eigenvalue weighted by atomic mass is 28.2. The van der Waals surface area contributed by atoms with Crippen LogP contribution in [0.15, 0.2) is 18.2 Å². The molecule has 0 spiro atoms. The second-order valence-electron chi connectivity index (χ2n) is 8.41. The summed E-state index contributed by atoms with van der Waals surface area (Å²) in [5.74, 6) is 2.31. The Morgan fingerprint density at radius 3 is 2.00 bits per heavy atom. The highest BCUT2D eigenvalue weighted by Gasteiger charge is 2.30. The van der Waals surface area contributed by atoms with E-state index in [1.54, 1.807) is 6.07 Å². The van der Waals surface area contributed by atoms with Crippen LogP contribution < -0.4 is 0 Å². The molecular weight excluding hydrogens is 330 g/mol. The molecule has 0 amide bonds. The highest BCUT2D eigenvalue weighted by Crippen LogP contribution is 2.42. The molecule has 1 aromatic rings. The Morgan fingerprint density at radius 2 is 1.44 bits per heavy atom. The maximum atomic E-state index is 13.3. The van der Waals surface area contributed by atoms with Crippen molar-refractivity contribution in [3.8, 4) is 0 Å². The molecule has 0 heterocycles. The van der Waals surface area contributed by atoms with Crippen LogP contribution in [0.1, 0.15) is 63.4 Å². The van der Waals surface area contributed by atoms with E-state index in [0.29, 0.717) is 0 Å². The van der Waals surface area contributed by atoms with Gasteiger partial charge < -0.3 is 0 Å². The zero-order chi connectivity index (χ0) is 17.6. The van der Waals surface area contributed by atoms with Crippen LogP contribution in [0.5, 0.6) is 0 Å². The van der Waals surface area contributed by atoms with Crippen LogP contribution in [0.3, 0.4) is 0 Å². The molecule has 25 heavy (non-hydrogen) atoms. The van der Waals surface area contributed by atoms with Gasteiger partial charge >= 0.3 is 0 Å². The lowest BCUT2D eigenvalue weighted by atomic mass is 9.69. The van der Waals surface area contributed by atoms with Crippen molar-refractivity contribution in [3.63, 3.8) is 0 Å². The fraction of sp³-hybridized carbons (Fsp3) is 0.727. The molecule has 2 fully saturated rings. The van der Waals surface area contributed by atoms with Crippen molar-refractivity contribution in [3.05, 3.63) is 35.4 Å². The van der Waals surface area contributed by atoms with Crippen LogP contribution in [0.2, 0.25) is 12.6 Å². The molecule has 0 nitrogen and oxygen atoms in total. The number of aryl methyl sites for hydroxylation is 1. The lowest BCUT2D eigenvalue weighted by molar-refractivity contribution is 0.148. The molecule has 0 aliphatic heterocycles. The first-order valence-corrected chi connectivity index (χ1v) is 11.9. The Labute approximate surface area is 154 Å². The Hall–Kier alpha value is -0.703. The van der Waals surface area contributed by atoms with Gasteiger partial charge in [0.15, 0.2) is 11.6 Å². The third kappa shape index (κ3) is 5.38. The summed E-state index contributed by atoms with van der Waals surface area (Å²) in [4.78, 5) is 0. The maximum Gasteiger partial charge on any atom is 0.159 e. The molecule has 2 aliphatic rings. The summed E-state index contributed by atoms with van der Waals surface area (Å²) in [7, 11) is 1.13. The van der Waals surface area contributed by atoms with Gasteiger partial charge in [-0.2, -0.15) is 0 Å². The first kappa shape index (κ1) is 19.1. The van der Waals surface area contributed by atoms with Crippen LogP contribution in [-0.2, 0) is 6.42 Å². The number of hydrogen-bond acceptors (Lipinski definition) is 0. The van der Waals surface area contributed by atoms with Gasteiger partial charge in [-0.05, 0) is 79.9 Å². The van der Waals surface area contributed by atoms with Crippen molar-refractivity contribution in [2.45, 2.75) is 76.8 Å². The molecular formula is C22H32F2Si. The van der Waals surface area contributed by atoms with Gasteiger partial charge in [0, 0.05) is 9.52 Å². The van der Waals surface area contributed by atoms with Gasteiger partial charge in [0.1, 0.15) is 0 Å². The third-order valence-corrected chi connectivity index (χ3v) is 7.75. The zero-order valence-electron chi connectivity index (χ0n) is 15.6. The minimum atomic E-state index is -0.738. The molecule has 0 atom stereocenters. The lowest BCUT2D eigenvalue weighted by Crippen LogP contribution is -2.26. The number of hydrogen-bond donors (Lipinski definition) is 0. The third-order valence-electron chi connectivity index (χ3n) is 6.77. The molecule has 2 radical (unpaired) electrons. The Bertz CT molecular complexity index is 529. The molecule has 2 saturated carbocycles. The molecule has 1 aromatic carbocycles. The molecule has 2 aliphatic carbocycles. The minimum Gasteiger partial charge on any atom is -0.204 e. The molecule has 0 bridgehead atoms. The molecule has 0 unspecified atom stereocenters. The van der Waals surface area contributed by atoms with Gasteiger partial charge in [-0.3, -0.25) is 0 Å².